The van der Waals surface area contributed by atoms with Crippen LogP contribution in [-0.4, -0.2) is 52.9 Å². The fourth-order valence-electron chi connectivity index (χ4n) is 4.55. The third-order valence-electron chi connectivity index (χ3n) is 6.09. The van der Waals surface area contributed by atoms with Gasteiger partial charge in [0.2, 0.25) is 6.04 Å². The predicted molar refractivity (Wildman–Crippen MR) is 114 cm³/mol. The highest BCUT2D eigenvalue weighted by Gasteiger charge is 2.43. The number of piperidine rings is 1. The zero-order valence-electron chi connectivity index (χ0n) is 18.3. The number of carbonyl (C=O) groups excluding carboxylic acids is 1. The van der Waals surface area contributed by atoms with E-state index >= 15 is 0 Å². The minimum absolute atomic E-state index is 0.0831. The molecule has 30 heavy (non-hydrogen) atoms. The molecule has 1 saturated heterocycles. The lowest BCUT2D eigenvalue weighted by molar-refractivity contribution is -0.534. The second kappa shape index (κ2) is 9.77. The molecule has 1 amide bonds. The van der Waals surface area contributed by atoms with Crippen LogP contribution >= 0.6 is 0 Å². The van der Waals surface area contributed by atoms with Crippen LogP contribution in [0, 0.1) is 10.1 Å². The minimum Gasteiger partial charge on any atom is -0.444 e. The van der Waals surface area contributed by atoms with Crippen LogP contribution in [0.25, 0.3) is 0 Å². The molecular weight excluding hydrogens is 384 g/mol. The Hall–Kier alpha value is -2.15. The zero-order chi connectivity index (χ0) is 21.7. The molecule has 1 aromatic rings. The van der Waals surface area contributed by atoms with Gasteiger partial charge < -0.3 is 9.47 Å². The van der Waals surface area contributed by atoms with E-state index in [-0.39, 0.29) is 17.6 Å². The summed E-state index contributed by atoms with van der Waals surface area (Å²) >= 11 is 0. The highest BCUT2D eigenvalue weighted by Crippen LogP contribution is 2.34. The Balaban J connectivity index is 1.59. The van der Waals surface area contributed by atoms with Crippen molar-refractivity contribution in [3.63, 3.8) is 0 Å². The summed E-state index contributed by atoms with van der Waals surface area (Å²) in [5, 5.41) is 11.6. The molecule has 0 bridgehead atoms. The van der Waals surface area contributed by atoms with Gasteiger partial charge in [-0.15, -0.1) is 0 Å². The monoisotopic (exact) mass is 418 g/mol. The van der Waals surface area contributed by atoms with Gasteiger partial charge in [0.05, 0.1) is 12.7 Å². The fourth-order valence-corrected chi connectivity index (χ4v) is 4.55. The topological polar surface area (TPSA) is 81.9 Å². The smallest absolute Gasteiger partial charge is 0.410 e. The van der Waals surface area contributed by atoms with Crippen LogP contribution in [0.5, 0.6) is 0 Å². The summed E-state index contributed by atoms with van der Waals surface area (Å²) in [6.07, 6.45) is 4.62. The van der Waals surface area contributed by atoms with E-state index in [1.54, 1.807) is 20.8 Å². The number of nitro groups is 1. The molecule has 0 spiro atoms. The molecule has 1 aromatic carbocycles. The molecule has 1 aliphatic carbocycles. The third-order valence-corrected chi connectivity index (χ3v) is 6.09. The summed E-state index contributed by atoms with van der Waals surface area (Å²) < 4.78 is 11.6. The number of hydrogen-bond acceptors (Lipinski definition) is 5. The maximum absolute atomic E-state index is 12.7. The minimum atomic E-state index is -0.813. The van der Waals surface area contributed by atoms with Crippen molar-refractivity contribution < 1.29 is 19.2 Å². The summed E-state index contributed by atoms with van der Waals surface area (Å²) in [5.74, 6) is 0.547. The molecule has 166 valence electrons. The normalized spacial score (nSPS) is 27.5. The Kier molecular flexibility index (Phi) is 7.34. The maximum atomic E-state index is 12.7. The molecule has 1 saturated carbocycles. The lowest BCUT2D eigenvalue weighted by Crippen LogP contribution is -2.57. The number of ether oxygens (including phenoxy) is 2. The molecule has 2 unspecified atom stereocenters. The Morgan fingerprint density at radius 3 is 2.40 bits per heavy atom. The van der Waals surface area contributed by atoms with Gasteiger partial charge in [-0.25, -0.2) is 4.79 Å². The van der Waals surface area contributed by atoms with Crippen LogP contribution in [0.15, 0.2) is 30.3 Å². The number of amides is 1. The largest absolute Gasteiger partial charge is 0.444 e. The lowest BCUT2D eigenvalue weighted by atomic mass is 9.83. The van der Waals surface area contributed by atoms with Gasteiger partial charge >= 0.3 is 6.09 Å². The van der Waals surface area contributed by atoms with Gasteiger partial charge in [0.1, 0.15) is 11.6 Å². The summed E-state index contributed by atoms with van der Waals surface area (Å²) in [6, 6.07) is 9.13. The first-order valence-corrected chi connectivity index (χ1v) is 11.0. The number of benzene rings is 1. The molecule has 2 aliphatic rings. The summed E-state index contributed by atoms with van der Waals surface area (Å²) in [6.45, 7) is 6.06. The molecule has 3 rings (SSSR count). The van der Waals surface area contributed by atoms with E-state index in [2.05, 4.69) is 24.3 Å². The maximum Gasteiger partial charge on any atom is 0.410 e. The standard InChI is InChI=1S/C23H34N2O5/c1-23(2,3)30-22(26)24-15-7-10-20(25(27)28)21(24)16-29-19-13-11-18(12-14-19)17-8-5-4-6-9-17/h4-6,8-9,18-21H,7,10-16H2,1-3H3. The molecular formula is C23H34N2O5. The van der Waals surface area contributed by atoms with Gasteiger partial charge in [-0.05, 0) is 64.4 Å². The molecule has 7 heteroatoms. The first-order chi connectivity index (χ1) is 14.2. The van der Waals surface area contributed by atoms with Crippen molar-refractivity contribution in [3.05, 3.63) is 46.0 Å². The molecule has 0 N–H and O–H groups in total. The van der Waals surface area contributed by atoms with Crippen LogP contribution in [0.4, 0.5) is 4.79 Å². The molecule has 2 atom stereocenters. The van der Waals surface area contributed by atoms with E-state index in [1.165, 1.54) is 10.5 Å². The quantitative estimate of drug-likeness (QED) is 0.508. The van der Waals surface area contributed by atoms with Crippen LogP contribution in [0.3, 0.4) is 0 Å². The Morgan fingerprint density at radius 1 is 1.13 bits per heavy atom. The van der Waals surface area contributed by atoms with E-state index in [4.69, 9.17) is 9.47 Å². The Labute approximate surface area is 178 Å². The van der Waals surface area contributed by atoms with Gasteiger partial charge in [-0.3, -0.25) is 15.0 Å². The van der Waals surface area contributed by atoms with Crippen LogP contribution < -0.4 is 0 Å². The average Bonchev–Trinajstić information content (AvgIpc) is 2.71. The molecule has 2 fully saturated rings. The van der Waals surface area contributed by atoms with E-state index in [0.717, 1.165) is 25.7 Å². The molecule has 0 radical (unpaired) electrons. The van der Waals surface area contributed by atoms with E-state index in [0.29, 0.717) is 25.3 Å². The van der Waals surface area contributed by atoms with Gasteiger partial charge in [-0.1, -0.05) is 30.3 Å². The summed E-state index contributed by atoms with van der Waals surface area (Å²) in [5.41, 5.74) is 0.729. The first kappa shape index (κ1) is 22.5. The molecule has 1 aliphatic heterocycles. The van der Waals surface area contributed by atoms with Crippen LogP contribution in [0.2, 0.25) is 0 Å². The lowest BCUT2D eigenvalue weighted by Gasteiger charge is -2.38. The number of hydrogen-bond donors (Lipinski definition) is 0. The highest BCUT2D eigenvalue weighted by molar-refractivity contribution is 5.68. The Bertz CT molecular complexity index is 710. The van der Waals surface area contributed by atoms with E-state index in [9.17, 15) is 14.9 Å². The van der Waals surface area contributed by atoms with Crippen LogP contribution in [-0.2, 0) is 9.47 Å². The van der Waals surface area contributed by atoms with Crippen molar-refractivity contribution in [3.8, 4) is 0 Å². The number of nitrogens with zero attached hydrogens (tertiary/aromatic N) is 2. The number of carbonyl (C=O) groups is 1. The van der Waals surface area contributed by atoms with E-state index < -0.39 is 23.8 Å². The molecule has 0 aromatic heterocycles. The molecule has 1 heterocycles. The van der Waals surface area contributed by atoms with Crippen LogP contribution in [0.1, 0.15) is 70.8 Å². The van der Waals surface area contributed by atoms with Gasteiger partial charge in [-0.2, -0.15) is 0 Å². The summed E-state index contributed by atoms with van der Waals surface area (Å²) in [4.78, 5) is 25.6. The molecule has 7 nitrogen and oxygen atoms in total. The SMILES string of the molecule is CC(C)(C)OC(=O)N1CCCC([N+](=O)[O-])C1COC1CCC(c2ccccc2)CC1. The number of rotatable bonds is 5. The van der Waals surface area contributed by atoms with Crippen molar-refractivity contribution in [2.24, 2.45) is 0 Å². The van der Waals surface area contributed by atoms with Crippen molar-refractivity contribution >= 4 is 6.09 Å². The first-order valence-electron chi connectivity index (χ1n) is 11.0. The second-order valence-electron chi connectivity index (χ2n) is 9.45. The van der Waals surface area contributed by atoms with Crippen molar-refractivity contribution in [1.82, 2.24) is 4.90 Å². The highest BCUT2D eigenvalue weighted by atomic mass is 16.6. The summed E-state index contributed by atoms with van der Waals surface area (Å²) in [7, 11) is 0. The predicted octanol–water partition coefficient (Wildman–Crippen LogP) is 4.77. The zero-order valence-corrected chi connectivity index (χ0v) is 18.3. The van der Waals surface area contributed by atoms with Crippen molar-refractivity contribution in [1.29, 1.82) is 0 Å². The Morgan fingerprint density at radius 2 is 1.80 bits per heavy atom. The van der Waals surface area contributed by atoms with Gasteiger partial charge in [0.25, 0.3) is 0 Å². The van der Waals surface area contributed by atoms with Crippen molar-refractivity contribution in [2.45, 2.75) is 89.0 Å². The second-order valence-corrected chi connectivity index (χ2v) is 9.45. The van der Waals surface area contributed by atoms with Gasteiger partial charge in [0, 0.05) is 17.9 Å². The average molecular weight is 419 g/mol. The third kappa shape index (κ3) is 5.94. The van der Waals surface area contributed by atoms with E-state index in [1.807, 2.05) is 6.07 Å². The van der Waals surface area contributed by atoms with Gasteiger partial charge in [0.15, 0.2) is 0 Å². The fraction of sp³-hybridized carbons (Fsp3) is 0.696. The number of likely N-dealkylation sites (tertiary alicyclic amines) is 1. The van der Waals surface area contributed by atoms with Crippen molar-refractivity contribution in [2.75, 3.05) is 13.2 Å².